The molecule has 1 amide bonds. The van der Waals surface area contributed by atoms with Crippen LogP contribution in [0.3, 0.4) is 0 Å². The number of benzene rings is 1. The van der Waals surface area contributed by atoms with Crippen molar-refractivity contribution in [1.82, 2.24) is 15.5 Å². The first-order valence-electron chi connectivity index (χ1n) is 8.54. The fourth-order valence-corrected chi connectivity index (χ4v) is 4.31. The van der Waals surface area contributed by atoms with E-state index in [9.17, 15) is 13.2 Å². The molecule has 1 aromatic heterocycles. The Labute approximate surface area is 156 Å². The maximum absolute atomic E-state index is 12.6. The fourth-order valence-electron chi connectivity index (χ4n) is 3.13. The van der Waals surface area contributed by atoms with E-state index in [1.807, 2.05) is 0 Å². The molecular weight excluding hydrogens is 366 g/mol. The lowest BCUT2D eigenvalue weighted by molar-refractivity contribution is 0.0934. The van der Waals surface area contributed by atoms with Crippen molar-refractivity contribution in [1.29, 1.82) is 5.26 Å². The van der Waals surface area contributed by atoms with Crippen molar-refractivity contribution in [3.63, 3.8) is 0 Å². The van der Waals surface area contributed by atoms with Crippen molar-refractivity contribution in [2.75, 3.05) is 5.32 Å². The summed E-state index contributed by atoms with van der Waals surface area (Å²) in [5.74, 6) is 0.396. The molecule has 2 aromatic rings. The van der Waals surface area contributed by atoms with Gasteiger partial charge in [0.15, 0.2) is 15.7 Å². The van der Waals surface area contributed by atoms with E-state index in [2.05, 4.69) is 26.9 Å². The van der Waals surface area contributed by atoms with Crippen molar-refractivity contribution in [3.8, 4) is 6.07 Å². The van der Waals surface area contributed by atoms with Gasteiger partial charge >= 0.3 is 0 Å². The number of nitriles is 1. The maximum atomic E-state index is 12.6. The smallest absolute Gasteiger partial charge is 0.256 e. The van der Waals surface area contributed by atoms with Crippen LogP contribution in [0.25, 0.3) is 6.08 Å². The van der Waals surface area contributed by atoms with Gasteiger partial charge in [0, 0.05) is 23.3 Å². The largest absolute Gasteiger partial charge is 0.348 e. The third-order valence-electron chi connectivity index (χ3n) is 4.71. The molecule has 1 aliphatic heterocycles. The van der Waals surface area contributed by atoms with Gasteiger partial charge in [0.1, 0.15) is 5.56 Å². The number of carbonyl (C=O) groups excluding carboxylic acids is 1. The number of rotatable bonds is 6. The highest BCUT2D eigenvalue weighted by Gasteiger charge is 2.33. The molecule has 1 aliphatic carbocycles. The Balaban J connectivity index is 1.52. The van der Waals surface area contributed by atoms with E-state index in [4.69, 9.17) is 5.26 Å². The number of hydrogen-bond acceptors (Lipinski definition) is 6. The molecule has 2 heterocycles. The van der Waals surface area contributed by atoms with E-state index in [0.29, 0.717) is 28.6 Å². The molecule has 1 fully saturated rings. The lowest BCUT2D eigenvalue weighted by Gasteiger charge is -2.15. The first-order chi connectivity index (χ1) is 13.0. The van der Waals surface area contributed by atoms with E-state index < -0.39 is 9.84 Å². The number of nitrogens with one attached hydrogen (secondary N) is 3. The molecule has 1 aromatic carbocycles. The van der Waals surface area contributed by atoms with Crippen LogP contribution in [0.5, 0.6) is 0 Å². The highest BCUT2D eigenvalue weighted by molar-refractivity contribution is 7.94. The number of H-pyrrole nitrogens is 1. The molecule has 0 radical (unpaired) electrons. The van der Waals surface area contributed by atoms with Crippen LogP contribution in [0.2, 0.25) is 0 Å². The predicted octanol–water partition coefficient (Wildman–Crippen LogP) is 2.33. The number of sulfone groups is 1. The zero-order chi connectivity index (χ0) is 19.0. The van der Waals surface area contributed by atoms with Crippen molar-refractivity contribution in [3.05, 3.63) is 40.9 Å². The third kappa shape index (κ3) is 3.44. The van der Waals surface area contributed by atoms with Crippen LogP contribution in [0, 0.1) is 17.2 Å². The second-order valence-corrected chi connectivity index (χ2v) is 8.45. The van der Waals surface area contributed by atoms with Gasteiger partial charge in [0.2, 0.25) is 0 Å². The monoisotopic (exact) mass is 383 g/mol. The Morgan fingerprint density at radius 1 is 1.41 bits per heavy atom. The highest BCUT2D eigenvalue weighted by Crippen LogP contribution is 2.34. The lowest BCUT2D eigenvalue weighted by atomic mass is 10.1. The summed E-state index contributed by atoms with van der Waals surface area (Å²) in [6.45, 7) is 0. The maximum Gasteiger partial charge on any atom is 0.256 e. The molecule has 8 nitrogen and oxygen atoms in total. The summed E-state index contributed by atoms with van der Waals surface area (Å²) in [7, 11) is -3.35. The van der Waals surface area contributed by atoms with E-state index >= 15 is 0 Å². The van der Waals surface area contributed by atoms with Crippen LogP contribution in [0.1, 0.15) is 35.2 Å². The lowest BCUT2D eigenvalue weighted by Crippen LogP contribution is -2.36. The first kappa shape index (κ1) is 17.3. The molecule has 3 N–H and O–H groups in total. The number of hydrogen-bond donors (Lipinski definition) is 3. The zero-order valence-corrected chi connectivity index (χ0v) is 15.1. The Bertz CT molecular complexity index is 1080. The molecule has 4 rings (SSSR count). The molecular formula is C18H17N5O3S. The van der Waals surface area contributed by atoms with Crippen molar-refractivity contribution >= 4 is 33.3 Å². The summed E-state index contributed by atoms with van der Waals surface area (Å²) in [6.07, 6.45) is 5.36. The molecule has 1 atom stereocenters. The average molecular weight is 383 g/mol. The van der Waals surface area contributed by atoms with E-state index in [1.54, 1.807) is 12.1 Å². The second kappa shape index (κ2) is 6.55. The van der Waals surface area contributed by atoms with E-state index in [1.165, 1.54) is 23.7 Å². The Kier molecular flexibility index (Phi) is 4.20. The Morgan fingerprint density at radius 2 is 2.22 bits per heavy atom. The van der Waals surface area contributed by atoms with Gasteiger partial charge in [-0.15, -0.1) is 0 Å². The summed E-state index contributed by atoms with van der Waals surface area (Å²) >= 11 is 0. The number of aromatic amines is 1. The van der Waals surface area contributed by atoms with Gasteiger partial charge < -0.3 is 10.6 Å². The van der Waals surface area contributed by atoms with Crippen molar-refractivity contribution < 1.29 is 13.2 Å². The molecule has 9 heteroatoms. The Hall–Kier alpha value is -3.12. The van der Waals surface area contributed by atoms with Crippen LogP contribution < -0.4 is 10.6 Å². The van der Waals surface area contributed by atoms with Gasteiger partial charge in [-0.05, 0) is 48.6 Å². The zero-order valence-electron chi connectivity index (χ0n) is 14.3. The minimum atomic E-state index is -3.35. The SMILES string of the molecule is N#CCC(NC(=O)c1c[nH]nc1Nc1ccc2c(c1)C=CS2(=O)=O)C1CC1. The molecule has 0 bridgehead atoms. The average Bonchev–Trinajstić information content (AvgIpc) is 3.31. The van der Waals surface area contributed by atoms with Gasteiger partial charge in [0.05, 0.1) is 17.4 Å². The van der Waals surface area contributed by atoms with Gasteiger partial charge in [-0.1, -0.05) is 0 Å². The van der Waals surface area contributed by atoms with Crippen LogP contribution in [-0.4, -0.2) is 30.6 Å². The summed E-state index contributed by atoms with van der Waals surface area (Å²) in [5.41, 5.74) is 1.54. The van der Waals surface area contributed by atoms with E-state index in [0.717, 1.165) is 12.8 Å². The number of amides is 1. The standard InChI is InChI=1S/C18H17N5O3S/c19-7-5-15(11-1-2-11)22-18(24)14-10-20-23-17(14)21-13-3-4-16-12(9-13)6-8-27(16,25)26/h3-4,6,8-11,15H,1-2,5H2,(H,22,24)(H2,20,21,23). The normalized spacial score (nSPS) is 17.7. The number of carbonyl (C=O) groups is 1. The molecule has 1 saturated carbocycles. The molecule has 138 valence electrons. The number of anilines is 2. The molecule has 0 saturated heterocycles. The topological polar surface area (TPSA) is 128 Å². The summed E-state index contributed by atoms with van der Waals surface area (Å²) in [6, 6.07) is 6.80. The minimum absolute atomic E-state index is 0.152. The highest BCUT2D eigenvalue weighted by atomic mass is 32.2. The summed E-state index contributed by atoms with van der Waals surface area (Å²) in [4.78, 5) is 12.9. The molecule has 27 heavy (non-hydrogen) atoms. The van der Waals surface area contributed by atoms with E-state index in [-0.39, 0.29) is 23.3 Å². The molecule has 1 unspecified atom stereocenters. The van der Waals surface area contributed by atoms with Gasteiger partial charge in [-0.2, -0.15) is 10.4 Å². The van der Waals surface area contributed by atoms with Gasteiger partial charge in [0.25, 0.3) is 5.91 Å². The van der Waals surface area contributed by atoms with Crippen LogP contribution in [0.15, 0.2) is 34.7 Å². The second-order valence-electron chi connectivity index (χ2n) is 6.65. The Morgan fingerprint density at radius 3 is 2.96 bits per heavy atom. The predicted molar refractivity (Wildman–Crippen MR) is 98.7 cm³/mol. The fraction of sp³-hybridized carbons (Fsp3) is 0.278. The van der Waals surface area contributed by atoms with Crippen LogP contribution in [-0.2, 0) is 9.84 Å². The van der Waals surface area contributed by atoms with Gasteiger partial charge in [-0.3, -0.25) is 9.89 Å². The quantitative estimate of drug-likeness (QED) is 0.702. The number of fused-ring (bicyclic) bond motifs is 1. The van der Waals surface area contributed by atoms with Crippen molar-refractivity contribution in [2.45, 2.75) is 30.2 Å². The summed E-state index contributed by atoms with van der Waals surface area (Å²) < 4.78 is 23.7. The first-order valence-corrected chi connectivity index (χ1v) is 10.1. The summed E-state index contributed by atoms with van der Waals surface area (Å²) in [5, 5.41) is 22.8. The van der Waals surface area contributed by atoms with Crippen LogP contribution in [0.4, 0.5) is 11.5 Å². The molecule has 2 aliphatic rings. The van der Waals surface area contributed by atoms with Crippen LogP contribution >= 0.6 is 0 Å². The van der Waals surface area contributed by atoms with Crippen molar-refractivity contribution in [2.24, 2.45) is 5.92 Å². The third-order valence-corrected chi connectivity index (χ3v) is 6.19. The van der Waals surface area contributed by atoms with Gasteiger partial charge in [-0.25, -0.2) is 8.42 Å². The minimum Gasteiger partial charge on any atom is -0.348 e. The number of aromatic nitrogens is 2. The number of nitrogens with zero attached hydrogens (tertiary/aromatic N) is 2. The molecule has 0 spiro atoms.